The molecule has 4 rings (SSSR count). The van der Waals surface area contributed by atoms with Gasteiger partial charge in [-0.05, 0) is 23.8 Å². The number of unbranched alkanes of at least 4 members (excludes halogenated alkanes) is 3. The molecule has 178 valence electrons. The number of rotatable bonds is 10. The minimum absolute atomic E-state index is 0.0511. The van der Waals surface area contributed by atoms with Crippen LogP contribution in [0.5, 0.6) is 0 Å². The molecule has 0 atom stereocenters. The van der Waals surface area contributed by atoms with Gasteiger partial charge >= 0.3 is 0 Å². The number of nitrogens with one attached hydrogen (secondary N) is 2. The van der Waals surface area contributed by atoms with E-state index >= 15 is 0 Å². The van der Waals surface area contributed by atoms with Gasteiger partial charge in [0.2, 0.25) is 6.41 Å². The maximum Gasteiger partial charge on any atom is 0.214 e. The summed E-state index contributed by atoms with van der Waals surface area (Å²) in [5.41, 5.74) is 3.11. The van der Waals surface area contributed by atoms with Crippen molar-refractivity contribution in [2.24, 2.45) is 0 Å². The topological polar surface area (TPSA) is 78.1 Å². The van der Waals surface area contributed by atoms with E-state index in [9.17, 15) is 9.59 Å². The van der Waals surface area contributed by atoms with Gasteiger partial charge in [-0.1, -0.05) is 69.9 Å². The average molecular weight is 477 g/mol. The molecule has 1 aromatic carbocycles. The highest BCUT2D eigenvalue weighted by Gasteiger charge is 2.19. The summed E-state index contributed by atoms with van der Waals surface area (Å²) in [4.78, 5) is 35.0. The Balaban J connectivity index is 0.000000481. The summed E-state index contributed by atoms with van der Waals surface area (Å²) in [5.74, 6) is -0.115. The smallest absolute Gasteiger partial charge is 0.214 e. The van der Waals surface area contributed by atoms with Crippen molar-refractivity contribution in [1.82, 2.24) is 9.97 Å². The summed E-state index contributed by atoms with van der Waals surface area (Å²) in [6, 6.07) is 15.5. The molecule has 0 fully saturated rings. The summed E-state index contributed by atoms with van der Waals surface area (Å²) < 4.78 is 0. The third-order valence-corrected chi connectivity index (χ3v) is 6.64. The minimum Gasteiger partial charge on any atom is -0.386 e. The maximum absolute atomic E-state index is 12.8. The SMILES string of the molecule is CCCCCC.CNc1c(N(C=O)CC(=O)c2ccc(-c3ccccc3)s2)cnc2[nH]ccc12. The molecule has 7 heteroatoms. The van der Waals surface area contributed by atoms with E-state index in [1.807, 2.05) is 48.5 Å². The first-order valence-electron chi connectivity index (χ1n) is 11.7. The number of ketones is 1. The predicted octanol–water partition coefficient (Wildman–Crippen LogP) is 6.77. The molecule has 0 radical (unpaired) electrons. The lowest BCUT2D eigenvalue weighted by molar-refractivity contribution is -0.107. The first kappa shape index (κ1) is 25.2. The molecule has 0 aliphatic rings. The normalized spacial score (nSPS) is 10.4. The molecule has 0 aliphatic heterocycles. The van der Waals surface area contributed by atoms with Crippen molar-refractivity contribution in [1.29, 1.82) is 0 Å². The number of hydrogen-bond donors (Lipinski definition) is 2. The molecule has 4 aromatic rings. The molecule has 34 heavy (non-hydrogen) atoms. The zero-order chi connectivity index (χ0) is 24.3. The van der Waals surface area contributed by atoms with Crippen molar-refractivity contribution in [3.63, 3.8) is 0 Å². The van der Waals surface area contributed by atoms with Gasteiger partial charge in [-0.2, -0.15) is 0 Å². The molecule has 3 aromatic heterocycles. The largest absolute Gasteiger partial charge is 0.386 e. The van der Waals surface area contributed by atoms with Crippen molar-refractivity contribution in [2.45, 2.75) is 39.5 Å². The summed E-state index contributed by atoms with van der Waals surface area (Å²) in [6.45, 7) is 4.41. The number of aromatic amines is 1. The van der Waals surface area contributed by atoms with Crippen molar-refractivity contribution in [2.75, 3.05) is 23.8 Å². The number of anilines is 2. The molecule has 0 saturated carbocycles. The number of carbonyl (C=O) groups is 2. The molecular formula is C27H32N4O2S. The van der Waals surface area contributed by atoms with Crippen LogP contribution in [-0.2, 0) is 4.79 Å². The number of fused-ring (bicyclic) bond motifs is 1. The van der Waals surface area contributed by atoms with E-state index in [4.69, 9.17) is 0 Å². The van der Waals surface area contributed by atoms with E-state index in [-0.39, 0.29) is 12.3 Å². The van der Waals surface area contributed by atoms with Crippen LogP contribution in [0.2, 0.25) is 0 Å². The van der Waals surface area contributed by atoms with Crippen LogP contribution < -0.4 is 10.2 Å². The van der Waals surface area contributed by atoms with Gasteiger partial charge in [-0.15, -0.1) is 11.3 Å². The van der Waals surface area contributed by atoms with E-state index in [0.717, 1.165) is 27.2 Å². The number of Topliss-reactive ketones (excluding diaryl/α,β-unsaturated/α-hetero) is 1. The second-order valence-electron chi connectivity index (χ2n) is 7.90. The maximum atomic E-state index is 12.8. The Morgan fingerprint density at radius 1 is 1.09 bits per heavy atom. The lowest BCUT2D eigenvalue weighted by Crippen LogP contribution is -2.29. The molecule has 1 amide bonds. The summed E-state index contributed by atoms with van der Waals surface area (Å²) in [6.07, 6.45) is 9.58. The van der Waals surface area contributed by atoms with Gasteiger partial charge in [0.1, 0.15) is 5.65 Å². The average Bonchev–Trinajstić information content (AvgIpc) is 3.56. The quantitative estimate of drug-likeness (QED) is 0.150. The Labute approximate surface area is 205 Å². The van der Waals surface area contributed by atoms with Gasteiger partial charge in [0.25, 0.3) is 0 Å². The Hall–Kier alpha value is -3.45. The zero-order valence-electron chi connectivity index (χ0n) is 20.0. The molecular weight excluding hydrogens is 444 g/mol. The molecule has 6 nitrogen and oxygen atoms in total. The number of pyridine rings is 1. The molecule has 3 heterocycles. The van der Waals surface area contributed by atoms with E-state index < -0.39 is 0 Å². The molecule has 0 bridgehead atoms. The Kier molecular flexibility index (Phi) is 9.40. The fourth-order valence-corrected chi connectivity index (χ4v) is 4.58. The number of H-pyrrole nitrogens is 1. The van der Waals surface area contributed by atoms with Gasteiger partial charge in [0, 0.05) is 23.5 Å². The second-order valence-corrected chi connectivity index (χ2v) is 8.99. The fraction of sp³-hybridized carbons (Fsp3) is 0.296. The number of carbonyl (C=O) groups excluding carboxylic acids is 2. The van der Waals surface area contributed by atoms with Crippen LogP contribution in [0, 0.1) is 0 Å². The number of thiophene rings is 1. The minimum atomic E-state index is -0.115. The summed E-state index contributed by atoms with van der Waals surface area (Å²) in [5, 5.41) is 3.97. The van der Waals surface area contributed by atoms with Gasteiger partial charge in [-0.3, -0.25) is 9.59 Å². The molecule has 0 unspecified atom stereocenters. The lowest BCUT2D eigenvalue weighted by atomic mass is 10.2. The lowest BCUT2D eigenvalue weighted by Gasteiger charge is -2.19. The third kappa shape index (κ3) is 6.11. The number of nitrogens with zero attached hydrogens (tertiary/aromatic N) is 2. The highest BCUT2D eigenvalue weighted by Crippen LogP contribution is 2.32. The van der Waals surface area contributed by atoms with Crippen LogP contribution in [0.4, 0.5) is 11.4 Å². The van der Waals surface area contributed by atoms with Crippen molar-refractivity contribution in [3.8, 4) is 10.4 Å². The van der Waals surface area contributed by atoms with Gasteiger partial charge in [0.15, 0.2) is 5.78 Å². The van der Waals surface area contributed by atoms with Crippen molar-refractivity contribution >= 4 is 45.9 Å². The summed E-state index contributed by atoms with van der Waals surface area (Å²) >= 11 is 1.43. The first-order valence-corrected chi connectivity index (χ1v) is 12.5. The molecule has 0 spiro atoms. The Morgan fingerprint density at radius 2 is 1.82 bits per heavy atom. The number of benzene rings is 1. The number of aromatic nitrogens is 2. The van der Waals surface area contributed by atoms with Crippen LogP contribution in [-0.4, -0.2) is 35.8 Å². The third-order valence-electron chi connectivity index (χ3n) is 5.46. The van der Waals surface area contributed by atoms with Crippen LogP contribution in [0.25, 0.3) is 21.5 Å². The van der Waals surface area contributed by atoms with Crippen LogP contribution in [0.15, 0.2) is 60.9 Å². The molecule has 2 N–H and O–H groups in total. The number of hydrogen-bond acceptors (Lipinski definition) is 5. The van der Waals surface area contributed by atoms with Crippen LogP contribution in [0.3, 0.4) is 0 Å². The highest BCUT2D eigenvalue weighted by molar-refractivity contribution is 7.17. The van der Waals surface area contributed by atoms with E-state index in [0.29, 0.717) is 17.0 Å². The zero-order valence-corrected chi connectivity index (χ0v) is 20.8. The fourth-order valence-electron chi connectivity index (χ4n) is 3.64. The van der Waals surface area contributed by atoms with Crippen LogP contribution >= 0.6 is 11.3 Å². The van der Waals surface area contributed by atoms with E-state index in [1.165, 1.54) is 41.9 Å². The summed E-state index contributed by atoms with van der Waals surface area (Å²) in [7, 11) is 1.78. The van der Waals surface area contributed by atoms with Crippen molar-refractivity contribution < 1.29 is 9.59 Å². The van der Waals surface area contributed by atoms with Gasteiger partial charge in [0.05, 0.1) is 29.0 Å². The highest BCUT2D eigenvalue weighted by atomic mass is 32.1. The Morgan fingerprint density at radius 3 is 2.47 bits per heavy atom. The number of amides is 1. The first-order chi connectivity index (χ1) is 16.6. The Bertz CT molecular complexity index is 1200. The second kappa shape index (κ2) is 12.7. The van der Waals surface area contributed by atoms with E-state index in [2.05, 4.69) is 29.1 Å². The molecule has 0 aliphatic carbocycles. The standard InChI is InChI=1S/C21H18N4O2S.C6H14/c1-22-20-15-9-10-23-21(15)24-11-16(20)25(13-26)12-17(27)19-8-7-18(28-19)14-5-3-2-4-6-14;1-3-5-6-4-2/h2-11,13H,12H2,1H3,(H2,22,23,24);3-6H2,1-2H3. The van der Waals surface area contributed by atoms with E-state index in [1.54, 1.807) is 19.4 Å². The van der Waals surface area contributed by atoms with Gasteiger partial charge < -0.3 is 15.2 Å². The predicted molar refractivity (Wildman–Crippen MR) is 143 cm³/mol. The van der Waals surface area contributed by atoms with Gasteiger partial charge in [-0.25, -0.2) is 4.98 Å². The molecule has 0 saturated heterocycles. The van der Waals surface area contributed by atoms with Crippen molar-refractivity contribution in [3.05, 3.63) is 65.8 Å². The monoisotopic (exact) mass is 476 g/mol. The van der Waals surface area contributed by atoms with Crippen LogP contribution in [0.1, 0.15) is 49.2 Å².